The van der Waals surface area contributed by atoms with Crippen LogP contribution in [0.1, 0.15) is 24.0 Å². The monoisotopic (exact) mass is 412 g/mol. The molecule has 4 rings (SSSR count). The lowest BCUT2D eigenvalue weighted by molar-refractivity contribution is -0.139. The van der Waals surface area contributed by atoms with Crippen molar-refractivity contribution in [1.29, 1.82) is 0 Å². The van der Waals surface area contributed by atoms with Crippen molar-refractivity contribution in [3.8, 4) is 0 Å². The van der Waals surface area contributed by atoms with E-state index in [2.05, 4.69) is 43.9 Å². The van der Waals surface area contributed by atoms with Crippen LogP contribution in [0.2, 0.25) is 5.02 Å². The van der Waals surface area contributed by atoms with Gasteiger partial charge in [-0.05, 0) is 61.3 Å². The number of amides is 1. The third-order valence-electron chi connectivity index (χ3n) is 6.10. The fourth-order valence-electron chi connectivity index (χ4n) is 4.32. The van der Waals surface area contributed by atoms with Gasteiger partial charge in [0.15, 0.2) is 0 Å². The van der Waals surface area contributed by atoms with Gasteiger partial charge in [-0.15, -0.1) is 0 Å². The lowest BCUT2D eigenvalue weighted by atomic mass is 9.94. The standard InChI is InChI=1S/C23H29ClN4O/c24-22-3-1-19(2-4-22)17-27-13-15-28(16-14-27)23(29)21-7-11-26(12-8-21)18-20-5-9-25-10-6-20/h1-6,9-10,21H,7-8,11-18H2. The van der Waals surface area contributed by atoms with E-state index in [0.717, 1.165) is 70.2 Å². The molecule has 5 nitrogen and oxygen atoms in total. The summed E-state index contributed by atoms with van der Waals surface area (Å²) in [5.41, 5.74) is 2.57. The number of rotatable bonds is 5. The van der Waals surface area contributed by atoms with Crippen LogP contribution in [-0.2, 0) is 17.9 Å². The fourth-order valence-corrected chi connectivity index (χ4v) is 4.44. The first-order valence-corrected chi connectivity index (χ1v) is 10.9. The summed E-state index contributed by atoms with van der Waals surface area (Å²) in [4.78, 5) is 24.0. The molecule has 0 aliphatic carbocycles. The summed E-state index contributed by atoms with van der Waals surface area (Å²) in [5.74, 6) is 0.547. The number of piperazine rings is 1. The van der Waals surface area contributed by atoms with Crippen LogP contribution in [0.15, 0.2) is 48.8 Å². The van der Waals surface area contributed by atoms with Gasteiger partial charge >= 0.3 is 0 Å². The Labute approximate surface area is 178 Å². The molecular formula is C23H29ClN4O. The zero-order valence-corrected chi connectivity index (χ0v) is 17.6. The van der Waals surface area contributed by atoms with Crippen LogP contribution < -0.4 is 0 Å². The second-order valence-corrected chi connectivity index (χ2v) is 8.57. The van der Waals surface area contributed by atoms with Gasteiger partial charge < -0.3 is 4.90 Å². The first-order valence-electron chi connectivity index (χ1n) is 10.5. The Morgan fingerprint density at radius 1 is 0.828 bits per heavy atom. The Bertz CT molecular complexity index is 782. The lowest BCUT2D eigenvalue weighted by Crippen LogP contribution is -2.51. The van der Waals surface area contributed by atoms with Gasteiger partial charge in [-0.25, -0.2) is 0 Å². The Kier molecular flexibility index (Phi) is 6.80. The van der Waals surface area contributed by atoms with Gasteiger partial charge in [-0.3, -0.25) is 19.6 Å². The average molecular weight is 413 g/mol. The number of piperidine rings is 1. The first-order chi connectivity index (χ1) is 14.2. The molecule has 2 saturated heterocycles. The molecule has 3 heterocycles. The van der Waals surface area contributed by atoms with Crippen LogP contribution in [0, 0.1) is 5.92 Å². The molecule has 154 valence electrons. The van der Waals surface area contributed by atoms with Crippen LogP contribution in [0.4, 0.5) is 0 Å². The van der Waals surface area contributed by atoms with Gasteiger partial charge in [0.05, 0.1) is 0 Å². The first kappa shape index (κ1) is 20.3. The van der Waals surface area contributed by atoms with Crippen molar-refractivity contribution in [2.75, 3.05) is 39.3 Å². The maximum atomic E-state index is 13.0. The van der Waals surface area contributed by atoms with Gasteiger partial charge in [0.1, 0.15) is 0 Å². The highest BCUT2D eigenvalue weighted by Gasteiger charge is 2.30. The van der Waals surface area contributed by atoms with E-state index < -0.39 is 0 Å². The molecule has 0 radical (unpaired) electrons. The van der Waals surface area contributed by atoms with Gasteiger partial charge in [0.2, 0.25) is 5.91 Å². The Hall–Kier alpha value is -1.95. The highest BCUT2D eigenvalue weighted by molar-refractivity contribution is 6.30. The van der Waals surface area contributed by atoms with E-state index in [-0.39, 0.29) is 5.92 Å². The van der Waals surface area contributed by atoms with Gasteiger partial charge in [0, 0.05) is 62.6 Å². The van der Waals surface area contributed by atoms with Crippen LogP contribution >= 0.6 is 11.6 Å². The van der Waals surface area contributed by atoms with E-state index >= 15 is 0 Å². The number of likely N-dealkylation sites (tertiary alicyclic amines) is 1. The zero-order valence-electron chi connectivity index (χ0n) is 16.8. The minimum absolute atomic E-state index is 0.187. The Balaban J connectivity index is 1.20. The smallest absolute Gasteiger partial charge is 0.225 e. The molecule has 29 heavy (non-hydrogen) atoms. The molecule has 2 aliphatic heterocycles. The predicted octanol–water partition coefficient (Wildman–Crippen LogP) is 3.29. The molecule has 2 aromatic rings. The van der Waals surface area contributed by atoms with Crippen molar-refractivity contribution in [3.05, 3.63) is 64.9 Å². The number of hydrogen-bond donors (Lipinski definition) is 0. The van der Waals surface area contributed by atoms with E-state index in [1.165, 1.54) is 11.1 Å². The van der Waals surface area contributed by atoms with Crippen molar-refractivity contribution in [3.63, 3.8) is 0 Å². The number of halogens is 1. The van der Waals surface area contributed by atoms with Crippen molar-refractivity contribution < 1.29 is 4.79 Å². The van der Waals surface area contributed by atoms with E-state index in [0.29, 0.717) is 5.91 Å². The molecule has 2 fully saturated rings. The number of carbonyl (C=O) groups is 1. The number of carbonyl (C=O) groups excluding carboxylic acids is 1. The topological polar surface area (TPSA) is 39.7 Å². The number of pyridine rings is 1. The maximum Gasteiger partial charge on any atom is 0.225 e. The summed E-state index contributed by atoms with van der Waals surface area (Å²) in [6.07, 6.45) is 5.63. The Morgan fingerprint density at radius 3 is 2.00 bits per heavy atom. The van der Waals surface area contributed by atoms with Crippen LogP contribution in [0.5, 0.6) is 0 Å². The molecule has 0 atom stereocenters. The van der Waals surface area contributed by atoms with Gasteiger partial charge in [0.25, 0.3) is 0 Å². The molecule has 1 aromatic carbocycles. The Morgan fingerprint density at radius 2 is 1.38 bits per heavy atom. The van der Waals surface area contributed by atoms with Gasteiger partial charge in [-0.1, -0.05) is 23.7 Å². The third kappa shape index (κ3) is 5.56. The summed E-state index contributed by atoms with van der Waals surface area (Å²) in [6, 6.07) is 12.2. The number of benzene rings is 1. The van der Waals surface area contributed by atoms with Crippen LogP contribution in [-0.4, -0.2) is 64.9 Å². The van der Waals surface area contributed by atoms with E-state index in [4.69, 9.17) is 11.6 Å². The predicted molar refractivity (Wildman–Crippen MR) is 116 cm³/mol. The number of hydrogen-bond acceptors (Lipinski definition) is 4. The van der Waals surface area contributed by atoms with E-state index in [9.17, 15) is 4.79 Å². The van der Waals surface area contributed by atoms with Crippen molar-refractivity contribution in [1.82, 2.24) is 19.7 Å². The van der Waals surface area contributed by atoms with Crippen LogP contribution in [0.3, 0.4) is 0 Å². The molecule has 1 aromatic heterocycles. The molecule has 0 spiro atoms. The molecule has 0 saturated carbocycles. The lowest BCUT2D eigenvalue weighted by Gasteiger charge is -2.38. The summed E-state index contributed by atoms with van der Waals surface area (Å²) in [7, 11) is 0. The number of aromatic nitrogens is 1. The summed E-state index contributed by atoms with van der Waals surface area (Å²) in [5, 5.41) is 0.774. The molecule has 1 amide bonds. The highest BCUT2D eigenvalue weighted by Crippen LogP contribution is 2.22. The molecule has 0 unspecified atom stereocenters. The number of nitrogens with zero attached hydrogens (tertiary/aromatic N) is 4. The molecule has 0 N–H and O–H groups in total. The maximum absolute atomic E-state index is 13.0. The zero-order chi connectivity index (χ0) is 20.1. The minimum Gasteiger partial charge on any atom is -0.340 e. The van der Waals surface area contributed by atoms with E-state index in [1.807, 2.05) is 24.5 Å². The summed E-state index contributed by atoms with van der Waals surface area (Å²) >= 11 is 5.97. The van der Waals surface area contributed by atoms with Crippen LogP contribution in [0.25, 0.3) is 0 Å². The fraction of sp³-hybridized carbons (Fsp3) is 0.478. The molecule has 6 heteroatoms. The average Bonchev–Trinajstić information content (AvgIpc) is 2.77. The second kappa shape index (κ2) is 9.70. The third-order valence-corrected chi connectivity index (χ3v) is 6.35. The SMILES string of the molecule is O=C(C1CCN(Cc2ccncc2)CC1)N1CCN(Cc2ccc(Cl)cc2)CC1. The minimum atomic E-state index is 0.187. The van der Waals surface area contributed by atoms with Crippen molar-refractivity contribution in [2.45, 2.75) is 25.9 Å². The molecule has 0 bridgehead atoms. The van der Waals surface area contributed by atoms with Gasteiger partial charge in [-0.2, -0.15) is 0 Å². The normalized spacial score (nSPS) is 19.4. The van der Waals surface area contributed by atoms with E-state index in [1.54, 1.807) is 0 Å². The highest BCUT2D eigenvalue weighted by atomic mass is 35.5. The summed E-state index contributed by atoms with van der Waals surface area (Å²) < 4.78 is 0. The molecular weight excluding hydrogens is 384 g/mol. The summed E-state index contributed by atoms with van der Waals surface area (Å²) in [6.45, 7) is 7.42. The quantitative estimate of drug-likeness (QED) is 0.755. The van der Waals surface area contributed by atoms with Crippen molar-refractivity contribution in [2.24, 2.45) is 5.92 Å². The molecule has 2 aliphatic rings. The largest absolute Gasteiger partial charge is 0.340 e. The van der Waals surface area contributed by atoms with Crippen molar-refractivity contribution >= 4 is 17.5 Å². The second-order valence-electron chi connectivity index (χ2n) is 8.13.